The molecule has 1 heterocycles. The van der Waals surface area contributed by atoms with Crippen molar-refractivity contribution in [2.75, 3.05) is 19.7 Å². The van der Waals surface area contributed by atoms with Crippen molar-refractivity contribution in [3.63, 3.8) is 0 Å². The highest BCUT2D eigenvalue weighted by molar-refractivity contribution is 5.79. The molecular formula is C27H40N2O4. The average molecular weight is 457 g/mol. The van der Waals surface area contributed by atoms with Crippen LogP contribution in [-0.4, -0.2) is 53.7 Å². The lowest BCUT2D eigenvalue weighted by Crippen LogP contribution is -2.59. The Morgan fingerprint density at radius 2 is 1.85 bits per heavy atom. The monoisotopic (exact) mass is 456 g/mol. The molecule has 0 aromatic heterocycles. The molecule has 3 aliphatic rings. The summed E-state index contributed by atoms with van der Waals surface area (Å²) in [5.41, 5.74) is 0.0491. The Labute approximate surface area is 198 Å². The third-order valence-electron chi connectivity index (χ3n) is 8.80. The number of hydrogen-bond donors (Lipinski definition) is 2. The molecule has 3 fully saturated rings. The van der Waals surface area contributed by atoms with Gasteiger partial charge in [0.15, 0.2) is 6.61 Å². The smallest absolute Gasteiger partial charge is 0.258 e. The van der Waals surface area contributed by atoms with Crippen molar-refractivity contribution in [2.45, 2.75) is 71.4 Å². The third-order valence-corrected chi connectivity index (χ3v) is 8.80. The number of nitrogens with zero attached hydrogens (tertiary/aromatic N) is 1. The fraction of sp³-hybridized carbons (Fsp3) is 0.704. The molecule has 1 aromatic carbocycles. The van der Waals surface area contributed by atoms with E-state index in [9.17, 15) is 14.7 Å². The summed E-state index contributed by atoms with van der Waals surface area (Å²) in [7, 11) is 0. The number of hydrogen-bond acceptors (Lipinski definition) is 4. The predicted octanol–water partition coefficient (Wildman–Crippen LogP) is 3.63. The number of likely N-dealkylation sites (tertiary alicyclic amines) is 1. The molecule has 1 saturated heterocycles. The first-order chi connectivity index (χ1) is 15.8. The molecule has 2 saturated carbocycles. The molecule has 0 bridgehead atoms. The first kappa shape index (κ1) is 24.1. The molecule has 4 rings (SSSR count). The van der Waals surface area contributed by atoms with Gasteiger partial charge in [0.05, 0.1) is 6.10 Å². The number of aliphatic hydroxyl groups is 1. The Morgan fingerprint density at radius 1 is 1.18 bits per heavy atom. The maximum absolute atomic E-state index is 13.1. The van der Waals surface area contributed by atoms with Crippen LogP contribution in [0.1, 0.15) is 59.3 Å². The Morgan fingerprint density at radius 3 is 2.55 bits per heavy atom. The minimum absolute atomic E-state index is 0.00735. The quantitative estimate of drug-likeness (QED) is 0.685. The zero-order valence-electron chi connectivity index (χ0n) is 20.3. The lowest BCUT2D eigenvalue weighted by atomic mass is 9.51. The second-order valence-electron chi connectivity index (χ2n) is 10.9. The Hall–Kier alpha value is -2.08. The van der Waals surface area contributed by atoms with Gasteiger partial charge in [-0.05, 0) is 73.8 Å². The van der Waals surface area contributed by atoms with Crippen molar-refractivity contribution in [1.82, 2.24) is 10.2 Å². The van der Waals surface area contributed by atoms with E-state index >= 15 is 0 Å². The highest BCUT2D eigenvalue weighted by atomic mass is 16.5. The van der Waals surface area contributed by atoms with Gasteiger partial charge in [0.1, 0.15) is 5.75 Å². The second kappa shape index (κ2) is 10.0. The molecule has 6 heteroatoms. The largest absolute Gasteiger partial charge is 0.484 e. The van der Waals surface area contributed by atoms with Crippen LogP contribution in [-0.2, 0) is 9.59 Å². The number of benzene rings is 1. The van der Waals surface area contributed by atoms with E-state index < -0.39 is 6.10 Å². The maximum Gasteiger partial charge on any atom is 0.258 e. The number of carbonyl (C=O) groups is 2. The number of para-hydroxylation sites is 1. The van der Waals surface area contributed by atoms with Crippen LogP contribution < -0.4 is 10.1 Å². The van der Waals surface area contributed by atoms with Gasteiger partial charge >= 0.3 is 0 Å². The van der Waals surface area contributed by atoms with Crippen LogP contribution >= 0.6 is 0 Å². The van der Waals surface area contributed by atoms with Crippen molar-refractivity contribution in [1.29, 1.82) is 0 Å². The second-order valence-corrected chi connectivity index (χ2v) is 10.9. The molecule has 182 valence electrons. The molecule has 0 radical (unpaired) electrons. The van der Waals surface area contributed by atoms with Crippen LogP contribution in [0.15, 0.2) is 30.3 Å². The fourth-order valence-corrected chi connectivity index (χ4v) is 6.82. The standard InChI is InChI=1S/C27H40N2O4/c1-18(26(32)29-15-7-8-16-29)21-11-13-27(3)14-12-22(19(2)24(27)25(21)31)28-23(30)17-33-20-9-5-4-6-10-20/h4-6,9-10,18-19,21-22,24-25,31H,7-8,11-17H2,1-3H3,(H,28,30)/t18-,19+,21+,22-,24+,25-,27-/m0/s1. The molecule has 2 N–H and O–H groups in total. The Kier molecular flexibility index (Phi) is 7.32. The van der Waals surface area contributed by atoms with Crippen molar-refractivity contribution >= 4 is 11.8 Å². The molecule has 7 atom stereocenters. The van der Waals surface area contributed by atoms with Gasteiger partial charge in [-0.15, -0.1) is 0 Å². The van der Waals surface area contributed by atoms with Crippen molar-refractivity contribution in [3.05, 3.63) is 30.3 Å². The van der Waals surface area contributed by atoms with Gasteiger partial charge in [0.2, 0.25) is 5.91 Å². The molecule has 0 unspecified atom stereocenters. The van der Waals surface area contributed by atoms with Gasteiger partial charge in [0, 0.05) is 25.0 Å². The summed E-state index contributed by atoms with van der Waals surface area (Å²) in [6, 6.07) is 9.36. The summed E-state index contributed by atoms with van der Waals surface area (Å²) in [4.78, 5) is 27.6. The van der Waals surface area contributed by atoms with Gasteiger partial charge in [-0.2, -0.15) is 0 Å². The molecular weight excluding hydrogens is 416 g/mol. The number of nitrogens with one attached hydrogen (secondary N) is 1. The lowest BCUT2D eigenvalue weighted by Gasteiger charge is -2.56. The van der Waals surface area contributed by atoms with E-state index in [0.29, 0.717) is 5.75 Å². The summed E-state index contributed by atoms with van der Waals surface area (Å²) >= 11 is 0. The average Bonchev–Trinajstić information content (AvgIpc) is 3.35. The van der Waals surface area contributed by atoms with Gasteiger partial charge in [-0.25, -0.2) is 0 Å². The van der Waals surface area contributed by atoms with E-state index in [2.05, 4.69) is 19.2 Å². The molecule has 1 aromatic rings. The van der Waals surface area contributed by atoms with Crippen LogP contribution in [0.25, 0.3) is 0 Å². The Bertz CT molecular complexity index is 825. The third kappa shape index (κ3) is 5.06. The molecule has 1 aliphatic heterocycles. The first-order valence-electron chi connectivity index (χ1n) is 12.7. The number of rotatable bonds is 6. The number of aliphatic hydroxyl groups excluding tert-OH is 1. The van der Waals surface area contributed by atoms with E-state index in [0.717, 1.165) is 51.6 Å². The number of carbonyl (C=O) groups excluding carboxylic acids is 2. The zero-order valence-corrected chi connectivity index (χ0v) is 20.3. The maximum atomic E-state index is 13.1. The molecule has 33 heavy (non-hydrogen) atoms. The van der Waals surface area contributed by atoms with E-state index in [1.54, 1.807) is 0 Å². The van der Waals surface area contributed by atoms with Gasteiger partial charge in [-0.3, -0.25) is 9.59 Å². The SMILES string of the molecule is C[C@H]1[C@@H]2[C@@H](O)[C@@H]([C@H](C)C(=O)N3CCCC3)CC[C@@]2(C)CC[C@@H]1NC(=O)COc1ccccc1. The number of ether oxygens (including phenoxy) is 1. The van der Waals surface area contributed by atoms with Gasteiger partial charge in [0.25, 0.3) is 5.91 Å². The minimum atomic E-state index is -0.527. The topological polar surface area (TPSA) is 78.9 Å². The molecule has 2 aliphatic carbocycles. The van der Waals surface area contributed by atoms with E-state index in [1.165, 1.54) is 0 Å². The fourth-order valence-electron chi connectivity index (χ4n) is 6.82. The van der Waals surface area contributed by atoms with Crippen LogP contribution in [0.5, 0.6) is 5.75 Å². The van der Waals surface area contributed by atoms with Gasteiger partial charge < -0.3 is 20.1 Å². The summed E-state index contributed by atoms with van der Waals surface area (Å²) < 4.78 is 5.61. The van der Waals surface area contributed by atoms with Crippen molar-refractivity contribution < 1.29 is 19.4 Å². The van der Waals surface area contributed by atoms with Crippen LogP contribution in [0, 0.1) is 29.1 Å². The van der Waals surface area contributed by atoms with Crippen LogP contribution in [0.3, 0.4) is 0 Å². The van der Waals surface area contributed by atoms with Crippen LogP contribution in [0.4, 0.5) is 0 Å². The van der Waals surface area contributed by atoms with Crippen LogP contribution in [0.2, 0.25) is 0 Å². The number of fused-ring (bicyclic) bond motifs is 1. The molecule has 2 amide bonds. The zero-order chi connectivity index (χ0) is 23.6. The minimum Gasteiger partial charge on any atom is -0.484 e. The summed E-state index contributed by atoms with van der Waals surface area (Å²) in [5, 5.41) is 14.7. The van der Waals surface area contributed by atoms with Crippen molar-refractivity contribution in [2.24, 2.45) is 29.1 Å². The summed E-state index contributed by atoms with van der Waals surface area (Å²) in [5.74, 6) is 0.776. The molecule has 6 nitrogen and oxygen atoms in total. The normalized spacial score (nSPS) is 34.9. The lowest BCUT2D eigenvalue weighted by molar-refractivity contribution is -0.150. The van der Waals surface area contributed by atoms with Gasteiger partial charge in [-0.1, -0.05) is 39.0 Å². The number of amides is 2. The summed E-state index contributed by atoms with van der Waals surface area (Å²) in [6.45, 7) is 8.14. The Balaban J connectivity index is 1.39. The highest BCUT2D eigenvalue weighted by Gasteiger charge is 2.54. The predicted molar refractivity (Wildman–Crippen MR) is 128 cm³/mol. The van der Waals surface area contributed by atoms with E-state index in [4.69, 9.17) is 4.74 Å². The highest BCUT2D eigenvalue weighted by Crippen LogP contribution is 2.55. The first-order valence-corrected chi connectivity index (χ1v) is 12.7. The summed E-state index contributed by atoms with van der Waals surface area (Å²) in [6.07, 6.45) is 5.44. The van der Waals surface area contributed by atoms with E-state index in [-0.39, 0.29) is 53.5 Å². The van der Waals surface area contributed by atoms with E-state index in [1.807, 2.05) is 42.2 Å². The molecule has 0 spiro atoms. The van der Waals surface area contributed by atoms with Crippen molar-refractivity contribution in [3.8, 4) is 5.75 Å².